The van der Waals surface area contributed by atoms with Crippen molar-refractivity contribution in [1.29, 1.82) is 0 Å². The van der Waals surface area contributed by atoms with Gasteiger partial charge in [-0.15, -0.1) is 0 Å². The van der Waals surface area contributed by atoms with E-state index >= 15 is 0 Å². The molecule has 8 nitrogen and oxygen atoms in total. The number of nitrogens with two attached hydrogens (primary N) is 1. The summed E-state index contributed by atoms with van der Waals surface area (Å²) in [4.78, 5) is 40.5. The molecule has 0 aromatic heterocycles. The smallest absolute Gasteiger partial charge is 0.249 e. The van der Waals surface area contributed by atoms with Crippen molar-refractivity contribution in [2.45, 2.75) is 64.3 Å². The molecule has 0 saturated carbocycles. The highest BCUT2D eigenvalue weighted by molar-refractivity contribution is 6.01. The zero-order valence-electron chi connectivity index (χ0n) is 23.3. The lowest BCUT2D eigenvalue weighted by molar-refractivity contribution is -0.128. The van der Waals surface area contributed by atoms with Crippen LogP contribution in [0.2, 0.25) is 0 Å². The zero-order valence-corrected chi connectivity index (χ0v) is 23.3. The van der Waals surface area contributed by atoms with Crippen LogP contribution in [0.25, 0.3) is 11.1 Å². The molecule has 1 aliphatic rings. The van der Waals surface area contributed by atoms with Gasteiger partial charge in [0.1, 0.15) is 6.04 Å². The van der Waals surface area contributed by atoms with Gasteiger partial charge >= 0.3 is 0 Å². The van der Waals surface area contributed by atoms with Crippen molar-refractivity contribution in [3.8, 4) is 11.1 Å². The van der Waals surface area contributed by atoms with E-state index in [-0.39, 0.29) is 18.2 Å². The molecule has 0 fully saturated rings. The van der Waals surface area contributed by atoms with Gasteiger partial charge in [0, 0.05) is 29.8 Å². The van der Waals surface area contributed by atoms with Crippen LogP contribution in [0, 0.1) is 0 Å². The van der Waals surface area contributed by atoms with Gasteiger partial charge in [-0.3, -0.25) is 14.4 Å². The van der Waals surface area contributed by atoms with Crippen LogP contribution in [0.5, 0.6) is 0 Å². The molecule has 3 aromatic carbocycles. The molecule has 0 spiro atoms. The number of anilines is 1. The van der Waals surface area contributed by atoms with Crippen LogP contribution >= 0.6 is 0 Å². The number of aliphatic hydroxyl groups is 1. The number of aryl methyl sites for hydroxylation is 1. The zero-order chi connectivity index (χ0) is 28.9. The van der Waals surface area contributed by atoms with Crippen molar-refractivity contribution in [2.75, 3.05) is 11.4 Å². The molecule has 1 heterocycles. The molecule has 5 N–H and O–H groups in total. The SMILES string of the molecule is C[C@@H](O)CNC(C)(C)CC(=O)NC1CCc2ccccc2N(Cc2ccc(-c3ccccc3C(N)=O)cc2)C1=O. The van der Waals surface area contributed by atoms with Crippen molar-refractivity contribution in [3.63, 3.8) is 0 Å². The summed E-state index contributed by atoms with van der Waals surface area (Å²) in [6.07, 6.45) is 0.813. The Labute approximate surface area is 235 Å². The summed E-state index contributed by atoms with van der Waals surface area (Å²) in [5, 5.41) is 15.8. The number of β-amino-alcohol motifs (C(OH)–C–C–N with tert-alkyl or cyclic N) is 1. The van der Waals surface area contributed by atoms with Gasteiger partial charge in [-0.1, -0.05) is 60.7 Å². The molecule has 8 heteroatoms. The number of benzene rings is 3. The molecule has 0 radical (unpaired) electrons. The number of primary amides is 1. The summed E-state index contributed by atoms with van der Waals surface area (Å²) < 4.78 is 0. The second-order valence-electron chi connectivity index (χ2n) is 11.1. The van der Waals surface area contributed by atoms with Crippen LogP contribution in [0.4, 0.5) is 5.69 Å². The Hall–Kier alpha value is -4.01. The van der Waals surface area contributed by atoms with E-state index in [4.69, 9.17) is 5.73 Å². The number of fused-ring (bicyclic) bond motifs is 1. The number of hydrogen-bond acceptors (Lipinski definition) is 5. The van der Waals surface area contributed by atoms with Gasteiger partial charge < -0.3 is 26.4 Å². The fourth-order valence-electron chi connectivity index (χ4n) is 5.07. The first-order valence-corrected chi connectivity index (χ1v) is 13.6. The summed E-state index contributed by atoms with van der Waals surface area (Å²) in [7, 11) is 0. The Bertz CT molecular complexity index is 1370. The summed E-state index contributed by atoms with van der Waals surface area (Å²) in [6, 6.07) is 22.1. The van der Waals surface area contributed by atoms with Gasteiger partial charge in [-0.2, -0.15) is 0 Å². The third-order valence-corrected chi connectivity index (χ3v) is 7.16. The van der Waals surface area contributed by atoms with Crippen LogP contribution in [-0.2, 0) is 22.6 Å². The van der Waals surface area contributed by atoms with Gasteiger partial charge in [0.25, 0.3) is 0 Å². The van der Waals surface area contributed by atoms with Crippen LogP contribution < -0.4 is 21.3 Å². The molecule has 0 aliphatic carbocycles. The van der Waals surface area contributed by atoms with Crippen LogP contribution in [-0.4, -0.2) is 47.1 Å². The van der Waals surface area contributed by atoms with Gasteiger partial charge in [0.05, 0.1) is 12.6 Å². The Morgan fingerprint density at radius 1 is 1.05 bits per heavy atom. The lowest BCUT2D eigenvalue weighted by Gasteiger charge is -2.29. The Morgan fingerprint density at radius 3 is 2.42 bits per heavy atom. The minimum absolute atomic E-state index is 0.156. The summed E-state index contributed by atoms with van der Waals surface area (Å²) >= 11 is 0. The van der Waals surface area contributed by atoms with Crippen molar-refractivity contribution in [1.82, 2.24) is 10.6 Å². The third-order valence-electron chi connectivity index (χ3n) is 7.16. The molecule has 1 aliphatic heterocycles. The fraction of sp³-hybridized carbons (Fsp3) is 0.344. The van der Waals surface area contributed by atoms with Gasteiger partial charge in [0.15, 0.2) is 0 Å². The molecule has 0 saturated heterocycles. The van der Waals surface area contributed by atoms with E-state index in [9.17, 15) is 19.5 Å². The number of nitrogens with one attached hydrogen (secondary N) is 2. The number of carbonyl (C=O) groups excluding carboxylic acids is 3. The van der Waals surface area contributed by atoms with Gasteiger partial charge in [-0.25, -0.2) is 0 Å². The molecule has 1 unspecified atom stereocenters. The average Bonchev–Trinajstić information content (AvgIpc) is 3.04. The molecule has 2 atom stereocenters. The predicted octanol–water partition coefficient (Wildman–Crippen LogP) is 3.56. The molecule has 210 valence electrons. The number of para-hydroxylation sites is 1. The standard InChI is InChI=1S/C32H38N4O4/c1-21(37)19-34-32(2,3)18-29(38)35-27-17-16-24-8-4-7-11-28(24)36(31(27)40)20-22-12-14-23(15-13-22)25-9-5-6-10-26(25)30(33)39/h4-15,21,27,34,37H,16-20H2,1-3H3,(H2,33,39)(H,35,38)/t21-,27?/m1/s1. The Morgan fingerprint density at radius 2 is 1.73 bits per heavy atom. The van der Waals surface area contributed by atoms with Gasteiger partial charge in [0.2, 0.25) is 17.7 Å². The van der Waals surface area contributed by atoms with E-state index < -0.39 is 23.6 Å². The predicted molar refractivity (Wildman–Crippen MR) is 157 cm³/mol. The molecule has 0 bridgehead atoms. The average molecular weight is 543 g/mol. The normalized spacial score (nSPS) is 16.1. The number of carbonyl (C=O) groups is 3. The fourth-order valence-corrected chi connectivity index (χ4v) is 5.07. The highest BCUT2D eigenvalue weighted by Crippen LogP contribution is 2.30. The van der Waals surface area contributed by atoms with E-state index in [1.165, 1.54) is 0 Å². The quantitative estimate of drug-likeness (QED) is 0.312. The Kier molecular flexibility index (Phi) is 9.02. The van der Waals surface area contributed by atoms with E-state index in [0.717, 1.165) is 27.9 Å². The van der Waals surface area contributed by atoms with Crippen molar-refractivity contribution >= 4 is 23.4 Å². The van der Waals surface area contributed by atoms with Crippen LogP contribution in [0.1, 0.15) is 55.1 Å². The van der Waals surface area contributed by atoms with Crippen molar-refractivity contribution in [2.24, 2.45) is 5.73 Å². The number of rotatable bonds is 10. The molecular weight excluding hydrogens is 504 g/mol. The minimum Gasteiger partial charge on any atom is -0.392 e. The number of amides is 3. The lowest BCUT2D eigenvalue weighted by Crippen LogP contribution is -2.51. The molecule has 4 rings (SSSR count). The van der Waals surface area contributed by atoms with E-state index in [0.29, 0.717) is 31.5 Å². The summed E-state index contributed by atoms with van der Waals surface area (Å²) in [6.45, 7) is 6.20. The third kappa shape index (κ3) is 7.14. The van der Waals surface area contributed by atoms with E-state index in [1.807, 2.05) is 74.5 Å². The molecule has 3 amide bonds. The maximum Gasteiger partial charge on any atom is 0.249 e. The second-order valence-corrected chi connectivity index (χ2v) is 11.1. The Balaban J connectivity index is 1.53. The van der Waals surface area contributed by atoms with E-state index in [2.05, 4.69) is 10.6 Å². The van der Waals surface area contributed by atoms with Crippen molar-refractivity contribution < 1.29 is 19.5 Å². The van der Waals surface area contributed by atoms with Crippen LogP contribution in [0.3, 0.4) is 0 Å². The lowest BCUT2D eigenvalue weighted by atomic mass is 9.98. The van der Waals surface area contributed by atoms with E-state index in [1.54, 1.807) is 24.0 Å². The molecule has 40 heavy (non-hydrogen) atoms. The van der Waals surface area contributed by atoms with Crippen LogP contribution in [0.15, 0.2) is 72.8 Å². The second kappa shape index (κ2) is 12.4. The largest absolute Gasteiger partial charge is 0.392 e. The summed E-state index contributed by atoms with van der Waals surface area (Å²) in [5.74, 6) is -0.859. The molecular formula is C32H38N4O4. The maximum atomic E-state index is 13.8. The molecule has 3 aromatic rings. The summed E-state index contributed by atoms with van der Waals surface area (Å²) in [5.41, 5.74) is 9.90. The van der Waals surface area contributed by atoms with Crippen molar-refractivity contribution in [3.05, 3.63) is 89.5 Å². The number of nitrogens with zero attached hydrogens (tertiary/aromatic N) is 1. The van der Waals surface area contributed by atoms with Gasteiger partial charge in [-0.05, 0) is 68.0 Å². The highest BCUT2D eigenvalue weighted by atomic mass is 16.3. The highest BCUT2D eigenvalue weighted by Gasteiger charge is 2.32. The number of aliphatic hydroxyl groups excluding tert-OH is 1. The first kappa shape index (κ1) is 29.0. The monoisotopic (exact) mass is 542 g/mol. The topological polar surface area (TPSA) is 125 Å². The minimum atomic E-state index is -0.658. The maximum absolute atomic E-state index is 13.8. The number of hydrogen-bond donors (Lipinski definition) is 4. The first-order chi connectivity index (χ1) is 19.0. The first-order valence-electron chi connectivity index (χ1n) is 13.6.